The van der Waals surface area contributed by atoms with E-state index >= 15 is 0 Å². The minimum atomic E-state index is -2.70. The Kier molecular flexibility index (Phi) is 4.23. The monoisotopic (exact) mass is 251 g/mol. The third kappa shape index (κ3) is 3.03. The molecular weight excluding hydrogens is 236 g/mol. The first-order valence-electron chi connectivity index (χ1n) is 5.82. The van der Waals surface area contributed by atoms with Crippen molar-refractivity contribution in [1.82, 2.24) is 5.32 Å². The second-order valence-corrected chi connectivity index (χ2v) is 4.17. The summed E-state index contributed by atoms with van der Waals surface area (Å²) in [5, 5.41) is 14.1. The van der Waals surface area contributed by atoms with Gasteiger partial charge in [-0.15, -0.1) is 0 Å². The van der Waals surface area contributed by atoms with E-state index < -0.39 is 12.5 Å². The van der Waals surface area contributed by atoms with Crippen molar-refractivity contribution in [1.29, 1.82) is 0 Å². The molecule has 0 aliphatic rings. The maximum absolute atomic E-state index is 12.1. The molecule has 0 aromatic heterocycles. The lowest BCUT2D eigenvalue weighted by molar-refractivity contribution is -0.00339. The van der Waals surface area contributed by atoms with Crippen molar-refractivity contribution in [3.63, 3.8) is 0 Å². The fourth-order valence-electron chi connectivity index (χ4n) is 1.89. The predicted octanol–water partition coefficient (Wildman–Crippen LogP) is 2.56. The van der Waals surface area contributed by atoms with E-state index in [0.717, 1.165) is 16.3 Å². The normalized spacial score (nSPS) is 13.1. The van der Waals surface area contributed by atoms with E-state index in [1.807, 2.05) is 42.5 Å². The zero-order chi connectivity index (χ0) is 13.0. The molecule has 1 atom stereocenters. The van der Waals surface area contributed by atoms with E-state index in [1.165, 1.54) is 0 Å². The summed E-state index contributed by atoms with van der Waals surface area (Å²) in [5.74, 6) is 0. The largest absolute Gasteiger partial charge is 0.386 e. The van der Waals surface area contributed by atoms with Gasteiger partial charge in [-0.1, -0.05) is 42.5 Å². The van der Waals surface area contributed by atoms with Crippen molar-refractivity contribution in [2.75, 3.05) is 6.54 Å². The lowest BCUT2D eigenvalue weighted by Crippen LogP contribution is -2.31. The van der Waals surface area contributed by atoms with Crippen molar-refractivity contribution in [3.05, 3.63) is 48.0 Å². The predicted molar refractivity (Wildman–Crippen MR) is 67.7 cm³/mol. The molecule has 2 nitrogen and oxygen atoms in total. The first-order chi connectivity index (χ1) is 8.68. The van der Waals surface area contributed by atoms with Crippen LogP contribution in [0.4, 0.5) is 8.78 Å². The Bertz CT molecular complexity index is 511. The highest BCUT2D eigenvalue weighted by Gasteiger charge is 2.15. The van der Waals surface area contributed by atoms with Gasteiger partial charge in [0.2, 0.25) is 0 Å². The van der Waals surface area contributed by atoms with Gasteiger partial charge in [0, 0.05) is 13.1 Å². The van der Waals surface area contributed by atoms with E-state index in [1.54, 1.807) is 0 Å². The Morgan fingerprint density at radius 1 is 1.06 bits per heavy atom. The molecule has 1 unspecified atom stereocenters. The van der Waals surface area contributed by atoms with Gasteiger partial charge in [0.05, 0.1) is 0 Å². The molecule has 96 valence electrons. The fraction of sp³-hybridized carbons (Fsp3) is 0.286. The molecule has 0 bridgehead atoms. The van der Waals surface area contributed by atoms with E-state index in [0.29, 0.717) is 6.54 Å². The van der Waals surface area contributed by atoms with Crippen molar-refractivity contribution in [3.8, 4) is 0 Å². The number of nitrogens with one attached hydrogen (secondary N) is 1. The molecule has 0 spiro atoms. The zero-order valence-electron chi connectivity index (χ0n) is 9.81. The van der Waals surface area contributed by atoms with Crippen LogP contribution in [-0.2, 0) is 6.54 Å². The van der Waals surface area contributed by atoms with Crippen LogP contribution in [0.3, 0.4) is 0 Å². The highest BCUT2D eigenvalue weighted by atomic mass is 19.3. The Hall–Kier alpha value is -1.52. The van der Waals surface area contributed by atoms with Gasteiger partial charge < -0.3 is 10.4 Å². The van der Waals surface area contributed by atoms with Crippen LogP contribution in [0.1, 0.15) is 5.56 Å². The van der Waals surface area contributed by atoms with E-state index in [2.05, 4.69) is 5.32 Å². The van der Waals surface area contributed by atoms with Crippen LogP contribution >= 0.6 is 0 Å². The van der Waals surface area contributed by atoms with Gasteiger partial charge in [0.25, 0.3) is 6.43 Å². The second kappa shape index (κ2) is 5.89. The fourth-order valence-corrected chi connectivity index (χ4v) is 1.89. The highest BCUT2D eigenvalue weighted by Crippen LogP contribution is 2.18. The molecule has 0 aliphatic carbocycles. The van der Waals surface area contributed by atoms with Gasteiger partial charge in [-0.3, -0.25) is 0 Å². The van der Waals surface area contributed by atoms with Gasteiger partial charge in [-0.25, -0.2) is 8.78 Å². The quantitative estimate of drug-likeness (QED) is 0.856. The summed E-state index contributed by atoms with van der Waals surface area (Å²) in [6.07, 6.45) is -4.31. The zero-order valence-corrected chi connectivity index (χ0v) is 9.81. The van der Waals surface area contributed by atoms with Gasteiger partial charge >= 0.3 is 0 Å². The molecular formula is C14H15F2NO. The average Bonchev–Trinajstić information content (AvgIpc) is 2.38. The summed E-state index contributed by atoms with van der Waals surface area (Å²) in [6.45, 7) is 0.353. The number of halogens is 2. The number of benzene rings is 2. The molecule has 4 heteroatoms. The molecule has 0 heterocycles. The molecule has 0 saturated carbocycles. The van der Waals surface area contributed by atoms with E-state index in [4.69, 9.17) is 5.11 Å². The number of aliphatic hydroxyl groups excluding tert-OH is 1. The lowest BCUT2D eigenvalue weighted by Gasteiger charge is -2.12. The first kappa shape index (κ1) is 12.9. The average molecular weight is 251 g/mol. The molecule has 0 fully saturated rings. The highest BCUT2D eigenvalue weighted by molar-refractivity contribution is 5.85. The lowest BCUT2D eigenvalue weighted by atomic mass is 10.0. The third-order valence-corrected chi connectivity index (χ3v) is 2.84. The number of fused-ring (bicyclic) bond motifs is 1. The Labute approximate surface area is 104 Å². The molecule has 0 aliphatic heterocycles. The van der Waals surface area contributed by atoms with Crippen LogP contribution in [0.15, 0.2) is 42.5 Å². The maximum Gasteiger partial charge on any atom is 0.265 e. The molecule has 18 heavy (non-hydrogen) atoms. The smallest absolute Gasteiger partial charge is 0.265 e. The number of alkyl halides is 2. The summed E-state index contributed by atoms with van der Waals surface area (Å²) in [6, 6.07) is 13.8. The molecule has 0 radical (unpaired) electrons. The van der Waals surface area contributed by atoms with Crippen molar-refractivity contribution in [2.24, 2.45) is 0 Å². The number of aliphatic hydroxyl groups is 1. The van der Waals surface area contributed by atoms with Crippen LogP contribution in [0.2, 0.25) is 0 Å². The number of hydrogen-bond donors (Lipinski definition) is 2. The van der Waals surface area contributed by atoms with Crippen LogP contribution in [0, 0.1) is 0 Å². The minimum Gasteiger partial charge on any atom is -0.386 e. The van der Waals surface area contributed by atoms with Gasteiger partial charge in [0.15, 0.2) is 0 Å². The Morgan fingerprint density at radius 2 is 1.78 bits per heavy atom. The summed E-state index contributed by atoms with van der Waals surface area (Å²) in [7, 11) is 0. The van der Waals surface area contributed by atoms with E-state index in [-0.39, 0.29) is 6.54 Å². The molecule has 0 amide bonds. The van der Waals surface area contributed by atoms with Crippen molar-refractivity contribution in [2.45, 2.75) is 19.1 Å². The Balaban J connectivity index is 2.04. The van der Waals surface area contributed by atoms with Crippen molar-refractivity contribution < 1.29 is 13.9 Å². The van der Waals surface area contributed by atoms with E-state index in [9.17, 15) is 8.78 Å². The summed E-state index contributed by atoms with van der Waals surface area (Å²) < 4.78 is 24.2. The topological polar surface area (TPSA) is 32.3 Å². The van der Waals surface area contributed by atoms with Crippen LogP contribution in [0.5, 0.6) is 0 Å². The SMILES string of the molecule is OC(CNCc1cccc2ccccc12)C(F)F. The molecule has 2 aromatic carbocycles. The second-order valence-electron chi connectivity index (χ2n) is 4.17. The molecule has 2 rings (SSSR count). The van der Waals surface area contributed by atoms with Gasteiger partial charge in [0.1, 0.15) is 6.10 Å². The van der Waals surface area contributed by atoms with Gasteiger partial charge in [-0.2, -0.15) is 0 Å². The number of hydrogen-bond acceptors (Lipinski definition) is 2. The summed E-state index contributed by atoms with van der Waals surface area (Å²) in [5.41, 5.74) is 1.04. The number of rotatable bonds is 5. The van der Waals surface area contributed by atoms with Gasteiger partial charge in [-0.05, 0) is 16.3 Å². The minimum absolute atomic E-state index is 0.110. The molecule has 2 N–H and O–H groups in total. The Morgan fingerprint density at radius 3 is 2.56 bits per heavy atom. The first-order valence-corrected chi connectivity index (χ1v) is 5.82. The molecule has 2 aromatic rings. The van der Waals surface area contributed by atoms with Crippen LogP contribution in [0.25, 0.3) is 10.8 Å². The third-order valence-electron chi connectivity index (χ3n) is 2.84. The molecule has 0 saturated heterocycles. The maximum atomic E-state index is 12.1. The summed E-state index contributed by atoms with van der Waals surface area (Å²) >= 11 is 0. The van der Waals surface area contributed by atoms with Crippen LogP contribution in [-0.4, -0.2) is 24.2 Å². The van der Waals surface area contributed by atoms with Crippen LogP contribution < -0.4 is 5.32 Å². The standard InChI is InChI=1S/C14H15F2NO/c15-14(16)13(18)9-17-8-11-6-3-5-10-4-1-2-7-12(10)11/h1-7,13-14,17-18H,8-9H2. The van der Waals surface area contributed by atoms with Crippen molar-refractivity contribution >= 4 is 10.8 Å². The summed E-state index contributed by atoms with van der Waals surface area (Å²) in [4.78, 5) is 0.